The lowest BCUT2D eigenvalue weighted by molar-refractivity contribution is 1.18. The molecule has 1 aliphatic heterocycles. The first-order valence-electron chi connectivity index (χ1n) is 6.30. The molecule has 1 aromatic heterocycles. The molecule has 0 spiro atoms. The normalized spacial score (nSPS) is 14.4. The van der Waals surface area contributed by atoms with Crippen LogP contribution in [0.15, 0.2) is 41.4 Å². The third kappa shape index (κ3) is 2.46. The number of anilines is 1. The van der Waals surface area contributed by atoms with Crippen molar-refractivity contribution in [1.82, 2.24) is 0 Å². The van der Waals surface area contributed by atoms with E-state index in [0.717, 1.165) is 27.7 Å². The van der Waals surface area contributed by atoms with Crippen LogP contribution >= 0.6 is 23.6 Å². The molecule has 96 valence electrons. The number of thiocarbonyl (C=S) groups is 1. The van der Waals surface area contributed by atoms with Crippen LogP contribution in [0.5, 0.6) is 0 Å². The van der Waals surface area contributed by atoms with Crippen molar-refractivity contribution in [2.24, 2.45) is 4.99 Å². The Morgan fingerprint density at radius 3 is 2.84 bits per heavy atom. The summed E-state index contributed by atoms with van der Waals surface area (Å²) in [6.45, 7) is 2.73. The molecular formula is C15H14N2S2. The van der Waals surface area contributed by atoms with Crippen molar-refractivity contribution in [3.63, 3.8) is 0 Å². The molecule has 4 heteroatoms. The van der Waals surface area contributed by atoms with Gasteiger partial charge in [-0.15, -0.1) is 11.3 Å². The summed E-state index contributed by atoms with van der Waals surface area (Å²) in [5.41, 5.74) is 3.36. The molecule has 0 saturated heterocycles. The van der Waals surface area contributed by atoms with Crippen LogP contribution in [0.25, 0.3) is 0 Å². The molecule has 0 radical (unpaired) electrons. The van der Waals surface area contributed by atoms with Gasteiger partial charge in [0.25, 0.3) is 0 Å². The van der Waals surface area contributed by atoms with Crippen molar-refractivity contribution in [2.75, 3.05) is 11.9 Å². The fourth-order valence-electron chi connectivity index (χ4n) is 2.13. The molecule has 2 heterocycles. The van der Waals surface area contributed by atoms with E-state index in [2.05, 4.69) is 35.4 Å². The second-order valence-electron chi connectivity index (χ2n) is 4.39. The number of benzene rings is 1. The SMILES string of the molecule is CCc1cc2c(s1)NC(=S)CN=C2c1ccccc1. The summed E-state index contributed by atoms with van der Waals surface area (Å²) in [7, 11) is 0. The molecule has 1 N–H and O–H groups in total. The highest BCUT2D eigenvalue weighted by Crippen LogP contribution is 2.32. The molecule has 19 heavy (non-hydrogen) atoms. The highest BCUT2D eigenvalue weighted by molar-refractivity contribution is 7.80. The van der Waals surface area contributed by atoms with Gasteiger partial charge in [-0.3, -0.25) is 4.99 Å². The summed E-state index contributed by atoms with van der Waals surface area (Å²) < 4.78 is 0. The molecular weight excluding hydrogens is 272 g/mol. The molecule has 1 aromatic carbocycles. The highest BCUT2D eigenvalue weighted by atomic mass is 32.1. The third-order valence-electron chi connectivity index (χ3n) is 3.07. The largest absolute Gasteiger partial charge is 0.340 e. The summed E-state index contributed by atoms with van der Waals surface area (Å²) in [4.78, 5) is 6.82. The Hall–Kier alpha value is -1.52. The van der Waals surface area contributed by atoms with E-state index in [1.807, 2.05) is 18.2 Å². The van der Waals surface area contributed by atoms with Crippen molar-refractivity contribution in [2.45, 2.75) is 13.3 Å². The van der Waals surface area contributed by atoms with Gasteiger partial charge >= 0.3 is 0 Å². The smallest absolute Gasteiger partial charge is 0.103 e. The second-order valence-corrected chi connectivity index (χ2v) is 6.02. The van der Waals surface area contributed by atoms with E-state index in [-0.39, 0.29) is 0 Å². The van der Waals surface area contributed by atoms with Crippen LogP contribution < -0.4 is 5.32 Å². The summed E-state index contributed by atoms with van der Waals surface area (Å²) in [6, 6.07) is 12.5. The Morgan fingerprint density at radius 2 is 2.11 bits per heavy atom. The van der Waals surface area contributed by atoms with Crippen molar-refractivity contribution >= 4 is 39.3 Å². The predicted octanol–water partition coefficient (Wildman–Crippen LogP) is 3.90. The number of nitrogens with zero attached hydrogens (tertiary/aromatic N) is 1. The molecule has 2 nitrogen and oxygen atoms in total. The van der Waals surface area contributed by atoms with Gasteiger partial charge in [0.15, 0.2) is 0 Å². The van der Waals surface area contributed by atoms with Crippen LogP contribution in [0.3, 0.4) is 0 Å². The fraction of sp³-hybridized carbons (Fsp3) is 0.200. The zero-order valence-electron chi connectivity index (χ0n) is 10.6. The van der Waals surface area contributed by atoms with Crippen molar-refractivity contribution < 1.29 is 0 Å². The molecule has 0 aliphatic carbocycles. The topological polar surface area (TPSA) is 24.4 Å². The van der Waals surface area contributed by atoms with E-state index in [9.17, 15) is 0 Å². The monoisotopic (exact) mass is 286 g/mol. The zero-order chi connectivity index (χ0) is 13.2. The number of nitrogens with one attached hydrogen (secondary N) is 1. The Morgan fingerprint density at radius 1 is 1.32 bits per heavy atom. The van der Waals surface area contributed by atoms with Crippen LogP contribution in [0.1, 0.15) is 22.9 Å². The minimum absolute atomic E-state index is 0.558. The Bertz CT molecular complexity index is 641. The molecule has 0 bridgehead atoms. The number of aryl methyl sites for hydroxylation is 1. The van der Waals surface area contributed by atoms with Crippen LogP contribution in [0, 0.1) is 0 Å². The first kappa shape index (κ1) is 12.5. The minimum Gasteiger partial charge on any atom is -0.340 e. The van der Waals surface area contributed by atoms with Crippen LogP contribution in [0.4, 0.5) is 5.00 Å². The van der Waals surface area contributed by atoms with Gasteiger partial charge in [0.2, 0.25) is 0 Å². The van der Waals surface area contributed by atoms with E-state index < -0.39 is 0 Å². The fourth-order valence-corrected chi connectivity index (χ4v) is 3.38. The molecule has 0 unspecified atom stereocenters. The summed E-state index contributed by atoms with van der Waals surface area (Å²) in [5.74, 6) is 0. The van der Waals surface area contributed by atoms with E-state index in [1.54, 1.807) is 11.3 Å². The standard InChI is InChI=1S/C15H14N2S2/c1-2-11-8-12-14(10-6-4-3-5-7-10)16-9-13(18)17-15(12)19-11/h3-8H,2,9H2,1H3,(H,17,18). The maximum absolute atomic E-state index is 5.31. The third-order valence-corrected chi connectivity index (χ3v) is 4.49. The lowest BCUT2D eigenvalue weighted by Crippen LogP contribution is -2.09. The Kier molecular flexibility index (Phi) is 3.44. The molecule has 3 rings (SSSR count). The van der Waals surface area contributed by atoms with Crippen LogP contribution in [-0.2, 0) is 6.42 Å². The van der Waals surface area contributed by atoms with Gasteiger partial charge in [-0.2, -0.15) is 0 Å². The van der Waals surface area contributed by atoms with Crippen molar-refractivity contribution in [3.8, 4) is 0 Å². The lowest BCUT2D eigenvalue weighted by Gasteiger charge is -2.04. The average molecular weight is 286 g/mol. The number of fused-ring (bicyclic) bond motifs is 1. The van der Waals surface area contributed by atoms with E-state index in [0.29, 0.717) is 6.54 Å². The number of thiophene rings is 1. The highest BCUT2D eigenvalue weighted by Gasteiger charge is 2.19. The average Bonchev–Trinajstić information content (AvgIpc) is 2.76. The van der Waals surface area contributed by atoms with Gasteiger partial charge in [0.05, 0.1) is 12.3 Å². The van der Waals surface area contributed by atoms with Gasteiger partial charge in [0, 0.05) is 16.0 Å². The van der Waals surface area contributed by atoms with Crippen LogP contribution in [-0.4, -0.2) is 17.2 Å². The van der Waals surface area contributed by atoms with Crippen molar-refractivity contribution in [1.29, 1.82) is 0 Å². The Balaban J connectivity index is 2.14. The lowest BCUT2D eigenvalue weighted by atomic mass is 10.0. The number of hydrogen-bond donors (Lipinski definition) is 1. The van der Waals surface area contributed by atoms with Gasteiger partial charge in [-0.25, -0.2) is 0 Å². The summed E-state index contributed by atoms with van der Waals surface area (Å²) in [5, 5.41) is 4.44. The number of hydrogen-bond acceptors (Lipinski definition) is 3. The minimum atomic E-state index is 0.558. The van der Waals surface area contributed by atoms with E-state index in [4.69, 9.17) is 12.2 Å². The van der Waals surface area contributed by atoms with E-state index in [1.165, 1.54) is 10.4 Å². The molecule has 1 aliphatic rings. The second kappa shape index (κ2) is 5.23. The summed E-state index contributed by atoms with van der Waals surface area (Å²) in [6.07, 6.45) is 1.04. The maximum Gasteiger partial charge on any atom is 0.103 e. The zero-order valence-corrected chi connectivity index (χ0v) is 12.3. The first-order valence-corrected chi connectivity index (χ1v) is 7.53. The summed E-state index contributed by atoms with van der Waals surface area (Å²) >= 11 is 7.08. The van der Waals surface area contributed by atoms with Gasteiger partial charge in [-0.05, 0) is 12.5 Å². The molecule has 0 atom stereocenters. The van der Waals surface area contributed by atoms with Crippen molar-refractivity contribution in [3.05, 3.63) is 52.4 Å². The number of rotatable bonds is 2. The Labute approximate surface area is 122 Å². The predicted molar refractivity (Wildman–Crippen MR) is 86.9 cm³/mol. The van der Waals surface area contributed by atoms with Crippen LogP contribution in [0.2, 0.25) is 0 Å². The quantitative estimate of drug-likeness (QED) is 0.847. The molecule has 2 aromatic rings. The number of aliphatic imine (C=N–C) groups is 1. The maximum atomic E-state index is 5.31. The van der Waals surface area contributed by atoms with Gasteiger partial charge in [-0.1, -0.05) is 49.5 Å². The first-order chi connectivity index (χ1) is 9.28. The van der Waals surface area contributed by atoms with E-state index >= 15 is 0 Å². The molecule has 0 saturated carbocycles. The molecule has 0 fully saturated rings. The van der Waals surface area contributed by atoms with Gasteiger partial charge in [0.1, 0.15) is 9.99 Å². The van der Waals surface area contributed by atoms with Gasteiger partial charge < -0.3 is 5.32 Å². The molecule has 0 amide bonds.